The van der Waals surface area contributed by atoms with Crippen molar-refractivity contribution < 1.29 is 0 Å². The van der Waals surface area contributed by atoms with Gasteiger partial charge in [0.05, 0.1) is 11.7 Å². The molecule has 4 rings (SSSR count). The number of thiophene rings is 1. The van der Waals surface area contributed by atoms with Crippen LogP contribution in [0.15, 0.2) is 34.7 Å². The van der Waals surface area contributed by atoms with Gasteiger partial charge >= 0.3 is 0 Å². The van der Waals surface area contributed by atoms with E-state index in [-0.39, 0.29) is 5.56 Å². The summed E-state index contributed by atoms with van der Waals surface area (Å²) in [5.74, 6) is 0. The molecule has 1 aromatic carbocycles. The predicted octanol–water partition coefficient (Wildman–Crippen LogP) is 4.80. The van der Waals surface area contributed by atoms with Gasteiger partial charge in [-0.15, -0.1) is 11.3 Å². The Morgan fingerprint density at radius 2 is 2.04 bits per heavy atom. The molecule has 0 radical (unpaired) electrons. The van der Waals surface area contributed by atoms with E-state index in [2.05, 4.69) is 35.5 Å². The monoisotopic (exact) mass is 338 g/mol. The van der Waals surface area contributed by atoms with Crippen molar-refractivity contribution >= 4 is 21.6 Å². The summed E-state index contributed by atoms with van der Waals surface area (Å²) in [7, 11) is 0. The van der Waals surface area contributed by atoms with E-state index in [1.165, 1.54) is 30.4 Å². The average Bonchev–Trinajstić information content (AvgIpc) is 3.06. The molecule has 0 atom stereocenters. The standard InChI is InChI=1S/C20H22N2OS/c1-2-3-10-22-13-21-19-18(20(22)23)17(12-24-19)16-9-8-14-6-4-5-7-15(14)11-16/h8-9,11-13H,2-7,10H2,1H3. The number of rotatable bonds is 4. The second-order valence-corrected chi connectivity index (χ2v) is 7.47. The van der Waals surface area contributed by atoms with Crippen LogP contribution >= 0.6 is 11.3 Å². The maximum Gasteiger partial charge on any atom is 0.262 e. The Morgan fingerprint density at radius 1 is 1.21 bits per heavy atom. The van der Waals surface area contributed by atoms with Gasteiger partial charge in [-0.3, -0.25) is 9.36 Å². The van der Waals surface area contributed by atoms with E-state index in [9.17, 15) is 4.79 Å². The first kappa shape index (κ1) is 15.6. The van der Waals surface area contributed by atoms with Gasteiger partial charge in [0.25, 0.3) is 5.56 Å². The zero-order valence-electron chi connectivity index (χ0n) is 14.0. The predicted molar refractivity (Wildman–Crippen MR) is 101 cm³/mol. The normalized spacial score (nSPS) is 14.0. The lowest BCUT2D eigenvalue weighted by Crippen LogP contribution is -2.20. The van der Waals surface area contributed by atoms with Crippen molar-refractivity contribution in [2.45, 2.75) is 52.0 Å². The molecule has 0 spiro atoms. The van der Waals surface area contributed by atoms with Gasteiger partial charge in [-0.2, -0.15) is 0 Å². The molecule has 0 amide bonds. The van der Waals surface area contributed by atoms with Crippen LogP contribution in [0.1, 0.15) is 43.7 Å². The van der Waals surface area contributed by atoms with Gasteiger partial charge in [0.1, 0.15) is 4.83 Å². The Labute approximate surface area is 146 Å². The van der Waals surface area contributed by atoms with Crippen LogP contribution in [-0.4, -0.2) is 9.55 Å². The van der Waals surface area contributed by atoms with Gasteiger partial charge in [-0.25, -0.2) is 4.98 Å². The number of benzene rings is 1. The molecule has 0 saturated carbocycles. The first-order chi connectivity index (χ1) is 11.8. The molecule has 124 valence electrons. The smallest absolute Gasteiger partial charge is 0.262 e. The SMILES string of the molecule is CCCCn1cnc2scc(-c3ccc4c(c3)CCCC4)c2c1=O. The molecule has 0 fully saturated rings. The van der Waals surface area contributed by atoms with Crippen LogP contribution in [-0.2, 0) is 19.4 Å². The molecule has 24 heavy (non-hydrogen) atoms. The van der Waals surface area contributed by atoms with Crippen molar-refractivity contribution in [3.8, 4) is 11.1 Å². The van der Waals surface area contributed by atoms with Crippen molar-refractivity contribution in [1.82, 2.24) is 9.55 Å². The maximum absolute atomic E-state index is 12.9. The van der Waals surface area contributed by atoms with Crippen LogP contribution in [0.4, 0.5) is 0 Å². The summed E-state index contributed by atoms with van der Waals surface area (Å²) >= 11 is 1.57. The van der Waals surface area contributed by atoms with Crippen molar-refractivity contribution in [1.29, 1.82) is 0 Å². The van der Waals surface area contributed by atoms with Crippen LogP contribution in [0.3, 0.4) is 0 Å². The minimum absolute atomic E-state index is 0.0995. The third-order valence-electron chi connectivity index (χ3n) is 4.97. The van der Waals surface area contributed by atoms with Gasteiger partial charge in [-0.05, 0) is 48.8 Å². The maximum atomic E-state index is 12.9. The molecule has 0 bridgehead atoms. The quantitative estimate of drug-likeness (QED) is 0.684. The fraction of sp³-hybridized carbons (Fsp3) is 0.400. The fourth-order valence-electron chi connectivity index (χ4n) is 3.57. The van der Waals surface area contributed by atoms with Crippen LogP contribution in [0.2, 0.25) is 0 Å². The molecule has 4 heteroatoms. The Hall–Kier alpha value is -1.94. The zero-order valence-corrected chi connectivity index (χ0v) is 14.9. The molecular formula is C20H22N2OS. The van der Waals surface area contributed by atoms with E-state index in [0.717, 1.165) is 47.2 Å². The number of aryl methyl sites for hydroxylation is 3. The van der Waals surface area contributed by atoms with Crippen molar-refractivity contribution in [3.05, 3.63) is 51.4 Å². The Bertz CT molecular complexity index is 938. The van der Waals surface area contributed by atoms with Crippen molar-refractivity contribution in [2.75, 3.05) is 0 Å². The highest BCUT2D eigenvalue weighted by molar-refractivity contribution is 7.17. The van der Waals surface area contributed by atoms with Crippen LogP contribution in [0.5, 0.6) is 0 Å². The third-order valence-corrected chi connectivity index (χ3v) is 5.86. The van der Waals surface area contributed by atoms with Crippen molar-refractivity contribution in [3.63, 3.8) is 0 Å². The minimum atomic E-state index is 0.0995. The first-order valence-corrected chi connectivity index (χ1v) is 9.74. The van der Waals surface area contributed by atoms with Crippen LogP contribution < -0.4 is 5.56 Å². The highest BCUT2D eigenvalue weighted by atomic mass is 32.1. The number of hydrogen-bond donors (Lipinski definition) is 0. The van der Waals surface area contributed by atoms with Gasteiger partial charge in [0, 0.05) is 17.5 Å². The lowest BCUT2D eigenvalue weighted by molar-refractivity contribution is 0.609. The van der Waals surface area contributed by atoms with Crippen LogP contribution in [0.25, 0.3) is 21.3 Å². The largest absolute Gasteiger partial charge is 0.299 e. The summed E-state index contributed by atoms with van der Waals surface area (Å²) < 4.78 is 1.76. The number of unbranched alkanes of at least 4 members (excludes halogenated alkanes) is 1. The van der Waals surface area contributed by atoms with Crippen LogP contribution in [0, 0.1) is 0 Å². The lowest BCUT2D eigenvalue weighted by Gasteiger charge is -2.16. The van der Waals surface area contributed by atoms with Gasteiger partial charge in [0.2, 0.25) is 0 Å². The summed E-state index contributed by atoms with van der Waals surface area (Å²) in [6.45, 7) is 2.89. The fourth-order valence-corrected chi connectivity index (χ4v) is 4.48. The van der Waals surface area contributed by atoms with E-state index in [1.54, 1.807) is 22.2 Å². The second-order valence-electron chi connectivity index (χ2n) is 6.62. The number of nitrogens with zero attached hydrogens (tertiary/aromatic N) is 2. The third kappa shape index (κ3) is 2.69. The second kappa shape index (κ2) is 6.52. The summed E-state index contributed by atoms with van der Waals surface area (Å²) in [6.07, 6.45) is 8.69. The molecule has 3 aromatic rings. The number of fused-ring (bicyclic) bond motifs is 2. The summed E-state index contributed by atoms with van der Waals surface area (Å²) in [5, 5.41) is 2.88. The van der Waals surface area contributed by atoms with Crippen molar-refractivity contribution in [2.24, 2.45) is 0 Å². The first-order valence-electron chi connectivity index (χ1n) is 8.86. The molecule has 0 aliphatic heterocycles. The molecule has 1 aliphatic carbocycles. The molecule has 0 unspecified atom stereocenters. The number of aromatic nitrogens is 2. The molecular weight excluding hydrogens is 316 g/mol. The van der Waals surface area contributed by atoms with E-state index >= 15 is 0 Å². The molecule has 2 aromatic heterocycles. The Kier molecular flexibility index (Phi) is 4.23. The Balaban J connectivity index is 1.83. The highest BCUT2D eigenvalue weighted by Gasteiger charge is 2.15. The van der Waals surface area contributed by atoms with E-state index in [0.29, 0.717) is 0 Å². The van der Waals surface area contributed by atoms with Gasteiger partial charge in [0.15, 0.2) is 0 Å². The van der Waals surface area contributed by atoms with Gasteiger partial charge in [-0.1, -0.05) is 31.5 Å². The molecule has 0 saturated heterocycles. The summed E-state index contributed by atoms with van der Waals surface area (Å²) in [4.78, 5) is 18.3. The lowest BCUT2D eigenvalue weighted by atomic mass is 9.89. The molecule has 2 heterocycles. The molecule has 0 N–H and O–H groups in total. The number of hydrogen-bond acceptors (Lipinski definition) is 3. The Morgan fingerprint density at radius 3 is 2.88 bits per heavy atom. The molecule has 3 nitrogen and oxygen atoms in total. The van der Waals surface area contributed by atoms with E-state index in [1.807, 2.05) is 0 Å². The minimum Gasteiger partial charge on any atom is -0.299 e. The topological polar surface area (TPSA) is 34.9 Å². The van der Waals surface area contributed by atoms with E-state index in [4.69, 9.17) is 0 Å². The highest BCUT2D eigenvalue weighted by Crippen LogP contribution is 2.33. The summed E-state index contributed by atoms with van der Waals surface area (Å²) in [6, 6.07) is 6.71. The van der Waals surface area contributed by atoms with E-state index < -0.39 is 0 Å². The van der Waals surface area contributed by atoms with Gasteiger partial charge < -0.3 is 0 Å². The average molecular weight is 338 g/mol. The summed E-state index contributed by atoms with van der Waals surface area (Å²) in [5.41, 5.74) is 5.24. The molecule has 1 aliphatic rings. The zero-order chi connectivity index (χ0) is 16.5.